The Morgan fingerprint density at radius 2 is 1.86 bits per heavy atom. The molecule has 82 valence electrons. The van der Waals surface area contributed by atoms with Gasteiger partial charge in [0, 0.05) is 24.7 Å². The van der Waals surface area contributed by atoms with E-state index in [0.29, 0.717) is 0 Å². The van der Waals surface area contributed by atoms with Crippen molar-refractivity contribution in [3.8, 4) is 0 Å². The van der Waals surface area contributed by atoms with Gasteiger partial charge in [-0.15, -0.1) is 0 Å². The molecule has 2 saturated carbocycles. The zero-order chi connectivity index (χ0) is 10.1. The van der Waals surface area contributed by atoms with Crippen LogP contribution in [0.15, 0.2) is 0 Å². The van der Waals surface area contributed by atoms with Crippen molar-refractivity contribution in [3.05, 3.63) is 0 Å². The molecule has 2 aliphatic rings. The van der Waals surface area contributed by atoms with Crippen LogP contribution in [0, 0.1) is 5.92 Å². The van der Waals surface area contributed by atoms with E-state index in [-0.39, 0.29) is 0 Å². The molecule has 1 N–H and O–H groups in total. The average Bonchev–Trinajstić information content (AvgIpc) is 3.00. The number of hydrogen-bond acceptors (Lipinski definition) is 2. The minimum atomic E-state index is 0.739. The van der Waals surface area contributed by atoms with Crippen LogP contribution in [0.25, 0.3) is 0 Å². The molecule has 0 aromatic heterocycles. The van der Waals surface area contributed by atoms with Crippen molar-refractivity contribution in [2.24, 2.45) is 5.92 Å². The third-order valence-corrected chi connectivity index (χ3v) is 3.61. The monoisotopic (exact) mass is 196 g/mol. The molecular formula is C12H24N2. The standard InChI is InChI=1S/C12H24N2/c1-9(2)12(8-13-10-4-5-10)14(3)11-6-7-11/h9-13H,4-8H2,1-3H3. The van der Waals surface area contributed by atoms with Gasteiger partial charge in [-0.25, -0.2) is 0 Å². The minimum Gasteiger partial charge on any atom is -0.312 e. The fourth-order valence-corrected chi connectivity index (χ4v) is 2.18. The van der Waals surface area contributed by atoms with E-state index in [1.165, 1.54) is 32.2 Å². The quantitative estimate of drug-likeness (QED) is 0.697. The highest BCUT2D eigenvalue weighted by atomic mass is 15.2. The van der Waals surface area contributed by atoms with Crippen LogP contribution >= 0.6 is 0 Å². The van der Waals surface area contributed by atoms with E-state index >= 15 is 0 Å². The summed E-state index contributed by atoms with van der Waals surface area (Å²) in [5, 5.41) is 3.66. The van der Waals surface area contributed by atoms with Crippen LogP contribution in [0.4, 0.5) is 0 Å². The van der Waals surface area contributed by atoms with Gasteiger partial charge in [-0.2, -0.15) is 0 Å². The Morgan fingerprint density at radius 3 is 2.29 bits per heavy atom. The number of likely N-dealkylation sites (N-methyl/N-ethyl adjacent to an activating group) is 1. The van der Waals surface area contributed by atoms with Gasteiger partial charge < -0.3 is 5.32 Å². The van der Waals surface area contributed by atoms with Crippen LogP contribution in [0.3, 0.4) is 0 Å². The van der Waals surface area contributed by atoms with Crippen molar-refractivity contribution >= 4 is 0 Å². The summed E-state index contributed by atoms with van der Waals surface area (Å²) in [6, 6.07) is 2.48. The maximum absolute atomic E-state index is 3.66. The third kappa shape index (κ3) is 2.71. The summed E-state index contributed by atoms with van der Waals surface area (Å²) in [4.78, 5) is 2.60. The lowest BCUT2D eigenvalue weighted by Gasteiger charge is -2.31. The molecule has 0 radical (unpaired) electrons. The van der Waals surface area contributed by atoms with Gasteiger partial charge in [0.15, 0.2) is 0 Å². The van der Waals surface area contributed by atoms with E-state index in [4.69, 9.17) is 0 Å². The predicted octanol–water partition coefficient (Wildman–Crippen LogP) is 1.86. The molecule has 0 aromatic rings. The highest BCUT2D eigenvalue weighted by molar-refractivity contribution is 4.90. The smallest absolute Gasteiger partial charge is 0.0243 e. The normalized spacial score (nSPS) is 24.6. The molecule has 1 atom stereocenters. The lowest BCUT2D eigenvalue weighted by molar-refractivity contribution is 0.178. The van der Waals surface area contributed by atoms with Gasteiger partial charge in [-0.3, -0.25) is 4.90 Å². The van der Waals surface area contributed by atoms with E-state index in [1.807, 2.05) is 0 Å². The highest BCUT2D eigenvalue weighted by Gasteiger charge is 2.33. The Labute approximate surface area is 88.1 Å². The third-order valence-electron chi connectivity index (χ3n) is 3.61. The van der Waals surface area contributed by atoms with Gasteiger partial charge in [0.05, 0.1) is 0 Å². The van der Waals surface area contributed by atoms with E-state index in [2.05, 4.69) is 31.1 Å². The topological polar surface area (TPSA) is 15.3 Å². The second-order valence-electron chi connectivity index (χ2n) is 5.39. The molecule has 0 heterocycles. The van der Waals surface area contributed by atoms with Crippen molar-refractivity contribution in [1.82, 2.24) is 10.2 Å². The summed E-state index contributed by atoms with van der Waals surface area (Å²) >= 11 is 0. The molecule has 2 fully saturated rings. The molecule has 2 heteroatoms. The van der Waals surface area contributed by atoms with Crippen molar-refractivity contribution in [3.63, 3.8) is 0 Å². The second kappa shape index (κ2) is 4.19. The Kier molecular flexibility index (Phi) is 3.13. The predicted molar refractivity (Wildman–Crippen MR) is 60.4 cm³/mol. The summed E-state index contributed by atoms with van der Waals surface area (Å²) in [6.45, 7) is 5.88. The zero-order valence-corrected chi connectivity index (χ0v) is 9.79. The van der Waals surface area contributed by atoms with Crippen molar-refractivity contribution < 1.29 is 0 Å². The van der Waals surface area contributed by atoms with E-state index < -0.39 is 0 Å². The molecule has 0 bridgehead atoms. The lowest BCUT2D eigenvalue weighted by atomic mass is 10.0. The molecule has 0 aliphatic heterocycles. The molecule has 2 rings (SSSR count). The Bertz CT molecular complexity index is 183. The van der Waals surface area contributed by atoms with Gasteiger partial charge in [-0.05, 0) is 38.6 Å². The van der Waals surface area contributed by atoms with Gasteiger partial charge in [0.1, 0.15) is 0 Å². The first kappa shape index (κ1) is 10.4. The van der Waals surface area contributed by atoms with Gasteiger partial charge >= 0.3 is 0 Å². The van der Waals surface area contributed by atoms with Crippen molar-refractivity contribution in [2.45, 2.75) is 57.7 Å². The first-order valence-corrected chi connectivity index (χ1v) is 6.14. The molecule has 0 amide bonds. The molecule has 0 spiro atoms. The van der Waals surface area contributed by atoms with E-state index in [1.54, 1.807) is 0 Å². The number of nitrogens with one attached hydrogen (secondary N) is 1. The Balaban J connectivity index is 1.78. The average molecular weight is 196 g/mol. The maximum atomic E-state index is 3.66. The van der Waals surface area contributed by atoms with E-state index in [9.17, 15) is 0 Å². The Hall–Kier alpha value is -0.0800. The van der Waals surface area contributed by atoms with Crippen LogP contribution in [0.1, 0.15) is 39.5 Å². The summed E-state index contributed by atoms with van der Waals surface area (Å²) in [7, 11) is 2.30. The SMILES string of the molecule is CC(C)C(CNC1CC1)N(C)C1CC1. The first-order valence-electron chi connectivity index (χ1n) is 6.14. The minimum absolute atomic E-state index is 0.739. The van der Waals surface area contributed by atoms with Crippen LogP contribution in [0.5, 0.6) is 0 Å². The van der Waals surface area contributed by atoms with Crippen LogP contribution in [-0.4, -0.2) is 36.6 Å². The number of hydrogen-bond donors (Lipinski definition) is 1. The lowest BCUT2D eigenvalue weighted by Crippen LogP contribution is -2.45. The van der Waals surface area contributed by atoms with Crippen LogP contribution in [0.2, 0.25) is 0 Å². The van der Waals surface area contributed by atoms with Gasteiger partial charge in [0.2, 0.25) is 0 Å². The maximum Gasteiger partial charge on any atom is 0.0243 e. The summed E-state index contributed by atoms with van der Waals surface area (Å²) < 4.78 is 0. The fourth-order valence-electron chi connectivity index (χ4n) is 2.18. The van der Waals surface area contributed by atoms with E-state index in [0.717, 1.165) is 24.0 Å². The first-order chi connectivity index (χ1) is 6.68. The number of rotatable bonds is 6. The van der Waals surface area contributed by atoms with Gasteiger partial charge in [0.25, 0.3) is 0 Å². The Morgan fingerprint density at radius 1 is 1.21 bits per heavy atom. The molecule has 0 aromatic carbocycles. The largest absolute Gasteiger partial charge is 0.312 e. The summed E-state index contributed by atoms with van der Waals surface area (Å²) in [5.41, 5.74) is 0. The van der Waals surface area contributed by atoms with Crippen LogP contribution in [-0.2, 0) is 0 Å². The number of nitrogens with zero attached hydrogens (tertiary/aromatic N) is 1. The fraction of sp³-hybridized carbons (Fsp3) is 1.00. The van der Waals surface area contributed by atoms with Crippen LogP contribution < -0.4 is 5.32 Å². The highest BCUT2D eigenvalue weighted by Crippen LogP contribution is 2.29. The van der Waals surface area contributed by atoms with Crippen molar-refractivity contribution in [1.29, 1.82) is 0 Å². The summed E-state index contributed by atoms with van der Waals surface area (Å²) in [5.74, 6) is 0.770. The molecule has 1 unspecified atom stereocenters. The molecule has 2 nitrogen and oxygen atoms in total. The zero-order valence-electron chi connectivity index (χ0n) is 9.79. The van der Waals surface area contributed by atoms with Crippen molar-refractivity contribution in [2.75, 3.05) is 13.6 Å². The summed E-state index contributed by atoms with van der Waals surface area (Å²) in [6.07, 6.45) is 5.64. The van der Waals surface area contributed by atoms with Gasteiger partial charge in [-0.1, -0.05) is 13.8 Å². The second-order valence-corrected chi connectivity index (χ2v) is 5.39. The molecule has 14 heavy (non-hydrogen) atoms. The molecule has 2 aliphatic carbocycles. The molecule has 0 saturated heterocycles. The molecular weight excluding hydrogens is 172 g/mol.